The lowest BCUT2D eigenvalue weighted by molar-refractivity contribution is -0.128. The molecule has 0 unspecified atom stereocenters. The summed E-state index contributed by atoms with van der Waals surface area (Å²) in [5, 5.41) is 13.6. The number of para-hydroxylation sites is 1. The van der Waals surface area contributed by atoms with Crippen LogP contribution in [-0.2, 0) is 11.2 Å². The smallest absolute Gasteiger partial charge is 0.271 e. The number of hydrazone groups is 1. The molecule has 7 heteroatoms. The number of thioether (sulfide) groups is 1. The van der Waals surface area contributed by atoms with Crippen molar-refractivity contribution < 1.29 is 14.7 Å². The third-order valence-corrected chi connectivity index (χ3v) is 6.47. The van der Waals surface area contributed by atoms with E-state index in [1.807, 2.05) is 35.2 Å². The maximum Gasteiger partial charge on any atom is 0.271 e. The Hall–Kier alpha value is -3.58. The summed E-state index contributed by atoms with van der Waals surface area (Å²) in [4.78, 5) is 26.7. The minimum atomic E-state index is -0.348. The maximum atomic E-state index is 12.4. The van der Waals surface area contributed by atoms with Crippen molar-refractivity contribution in [3.63, 3.8) is 0 Å². The summed E-state index contributed by atoms with van der Waals surface area (Å²) in [5.41, 5.74) is 5.64. The van der Waals surface area contributed by atoms with E-state index in [9.17, 15) is 14.7 Å². The molecule has 32 heavy (non-hydrogen) atoms. The van der Waals surface area contributed by atoms with Gasteiger partial charge in [0, 0.05) is 17.7 Å². The van der Waals surface area contributed by atoms with Gasteiger partial charge in [0.2, 0.25) is 5.91 Å². The standard InChI is InChI=1S/C25H23N3O3S/c29-22-9-5-4-8-21(22)16-26-27-24(31)19-10-12-20(13-11-19)25-28(23(30)17-32-25)15-14-18-6-2-1-3-7-18/h1-13,16,25,29H,14-15,17H2,(H,27,31)/b26-16-/t25-/m0/s1. The van der Waals surface area contributed by atoms with E-state index in [0.29, 0.717) is 23.4 Å². The summed E-state index contributed by atoms with van der Waals surface area (Å²) in [7, 11) is 0. The van der Waals surface area contributed by atoms with Gasteiger partial charge in [0.15, 0.2) is 0 Å². The number of amides is 2. The monoisotopic (exact) mass is 445 g/mol. The Morgan fingerprint density at radius 2 is 1.78 bits per heavy atom. The molecule has 1 saturated heterocycles. The Kier molecular flexibility index (Phi) is 6.87. The molecule has 3 aromatic carbocycles. The van der Waals surface area contributed by atoms with Crippen LogP contribution in [0.4, 0.5) is 0 Å². The van der Waals surface area contributed by atoms with Gasteiger partial charge in [-0.2, -0.15) is 5.10 Å². The number of phenols is 1. The minimum absolute atomic E-state index is 0.0533. The fourth-order valence-corrected chi connectivity index (χ4v) is 4.71. The zero-order valence-corrected chi connectivity index (χ0v) is 18.2. The molecule has 2 amide bonds. The Bertz CT molecular complexity index is 1120. The van der Waals surface area contributed by atoms with Gasteiger partial charge in [0.1, 0.15) is 11.1 Å². The molecule has 162 valence electrons. The van der Waals surface area contributed by atoms with Crippen LogP contribution in [0.25, 0.3) is 0 Å². The van der Waals surface area contributed by atoms with Crippen LogP contribution < -0.4 is 5.43 Å². The maximum absolute atomic E-state index is 12.4. The van der Waals surface area contributed by atoms with Gasteiger partial charge in [0.05, 0.1) is 12.0 Å². The fraction of sp³-hybridized carbons (Fsp3) is 0.160. The number of hydrogen-bond donors (Lipinski definition) is 2. The molecule has 1 heterocycles. The van der Waals surface area contributed by atoms with Crippen molar-refractivity contribution in [1.29, 1.82) is 0 Å². The molecule has 0 aromatic heterocycles. The lowest BCUT2D eigenvalue weighted by Gasteiger charge is -2.24. The summed E-state index contributed by atoms with van der Waals surface area (Å²) in [5.74, 6) is 0.341. The minimum Gasteiger partial charge on any atom is -0.507 e. The van der Waals surface area contributed by atoms with E-state index in [4.69, 9.17) is 0 Å². The SMILES string of the molecule is O=C(N/N=C\c1ccccc1O)c1ccc([C@@H]2SCC(=O)N2CCc2ccccc2)cc1. The van der Waals surface area contributed by atoms with E-state index in [1.54, 1.807) is 48.2 Å². The van der Waals surface area contributed by atoms with Gasteiger partial charge < -0.3 is 10.0 Å². The zero-order chi connectivity index (χ0) is 22.3. The van der Waals surface area contributed by atoms with Crippen LogP contribution in [0.2, 0.25) is 0 Å². The molecule has 0 saturated carbocycles. The molecule has 1 aliphatic rings. The lowest BCUT2D eigenvalue weighted by atomic mass is 10.1. The lowest BCUT2D eigenvalue weighted by Crippen LogP contribution is -2.30. The average Bonchev–Trinajstić information content (AvgIpc) is 3.20. The van der Waals surface area contributed by atoms with Gasteiger partial charge in [-0.15, -0.1) is 11.8 Å². The molecule has 2 N–H and O–H groups in total. The molecule has 0 aliphatic carbocycles. The van der Waals surface area contributed by atoms with Crippen LogP contribution in [0.15, 0.2) is 84.0 Å². The molecule has 1 atom stereocenters. The third kappa shape index (κ3) is 5.18. The van der Waals surface area contributed by atoms with Crippen LogP contribution in [0.5, 0.6) is 5.75 Å². The highest BCUT2D eigenvalue weighted by Crippen LogP contribution is 2.38. The quantitative estimate of drug-likeness (QED) is 0.426. The first-order valence-corrected chi connectivity index (χ1v) is 11.3. The second-order valence-electron chi connectivity index (χ2n) is 7.37. The average molecular weight is 446 g/mol. The highest BCUT2D eigenvalue weighted by Gasteiger charge is 2.32. The van der Waals surface area contributed by atoms with E-state index < -0.39 is 0 Å². The van der Waals surface area contributed by atoms with Gasteiger partial charge in [-0.25, -0.2) is 5.43 Å². The van der Waals surface area contributed by atoms with E-state index in [1.165, 1.54) is 11.8 Å². The molecular weight excluding hydrogens is 422 g/mol. The highest BCUT2D eigenvalue weighted by atomic mass is 32.2. The number of rotatable bonds is 7. The fourth-order valence-electron chi connectivity index (χ4n) is 3.49. The molecule has 6 nitrogen and oxygen atoms in total. The van der Waals surface area contributed by atoms with Crippen molar-refractivity contribution in [1.82, 2.24) is 10.3 Å². The van der Waals surface area contributed by atoms with Crippen molar-refractivity contribution in [2.24, 2.45) is 5.10 Å². The Morgan fingerprint density at radius 3 is 2.53 bits per heavy atom. The topological polar surface area (TPSA) is 82.0 Å². The first-order valence-electron chi connectivity index (χ1n) is 10.3. The summed E-state index contributed by atoms with van der Waals surface area (Å²) in [6.07, 6.45) is 2.20. The Balaban J connectivity index is 1.38. The van der Waals surface area contributed by atoms with Crippen molar-refractivity contribution >= 4 is 29.8 Å². The van der Waals surface area contributed by atoms with Crippen LogP contribution in [0.1, 0.15) is 32.4 Å². The van der Waals surface area contributed by atoms with Crippen molar-refractivity contribution in [3.8, 4) is 5.75 Å². The largest absolute Gasteiger partial charge is 0.507 e. The highest BCUT2D eigenvalue weighted by molar-refractivity contribution is 8.00. The first kappa shape index (κ1) is 21.6. The van der Waals surface area contributed by atoms with Crippen LogP contribution >= 0.6 is 11.8 Å². The number of nitrogens with one attached hydrogen (secondary N) is 1. The number of benzene rings is 3. The van der Waals surface area contributed by atoms with Crippen LogP contribution in [-0.4, -0.2) is 40.3 Å². The molecular formula is C25H23N3O3S. The van der Waals surface area contributed by atoms with Crippen LogP contribution in [0, 0.1) is 0 Å². The van der Waals surface area contributed by atoms with E-state index >= 15 is 0 Å². The summed E-state index contributed by atoms with van der Waals surface area (Å²) in [6.45, 7) is 0.657. The second kappa shape index (κ2) is 10.2. The number of hydrogen-bond acceptors (Lipinski definition) is 5. The summed E-state index contributed by atoms with van der Waals surface area (Å²) in [6, 6.07) is 24.1. The first-order chi connectivity index (χ1) is 15.6. The second-order valence-corrected chi connectivity index (χ2v) is 8.43. The van der Waals surface area contributed by atoms with Gasteiger partial charge >= 0.3 is 0 Å². The van der Waals surface area contributed by atoms with E-state index in [0.717, 1.165) is 12.0 Å². The molecule has 0 spiro atoms. The van der Waals surface area contributed by atoms with Gasteiger partial charge in [0.25, 0.3) is 5.91 Å². The Morgan fingerprint density at radius 1 is 1.06 bits per heavy atom. The third-order valence-electron chi connectivity index (χ3n) is 5.22. The predicted molar refractivity (Wildman–Crippen MR) is 127 cm³/mol. The predicted octanol–water partition coefficient (Wildman–Crippen LogP) is 3.97. The number of carbonyl (C=O) groups is 2. The number of nitrogens with zero attached hydrogens (tertiary/aromatic N) is 2. The molecule has 0 bridgehead atoms. The summed E-state index contributed by atoms with van der Waals surface area (Å²) >= 11 is 1.60. The van der Waals surface area contributed by atoms with Gasteiger partial charge in [-0.05, 0) is 41.8 Å². The molecule has 0 radical (unpaired) electrons. The van der Waals surface area contributed by atoms with Gasteiger partial charge in [-0.3, -0.25) is 9.59 Å². The molecule has 4 rings (SSSR count). The summed E-state index contributed by atoms with van der Waals surface area (Å²) < 4.78 is 0. The zero-order valence-electron chi connectivity index (χ0n) is 17.3. The normalized spacial score (nSPS) is 15.9. The molecule has 1 aliphatic heterocycles. The number of aromatic hydroxyl groups is 1. The molecule has 1 fully saturated rings. The van der Waals surface area contributed by atoms with Crippen molar-refractivity contribution in [2.75, 3.05) is 12.3 Å². The Labute approximate surface area is 191 Å². The number of carbonyl (C=O) groups excluding carboxylic acids is 2. The number of phenolic OH excluding ortho intramolecular Hbond substituents is 1. The van der Waals surface area contributed by atoms with Gasteiger partial charge in [-0.1, -0.05) is 54.6 Å². The van der Waals surface area contributed by atoms with Crippen molar-refractivity contribution in [2.45, 2.75) is 11.8 Å². The van der Waals surface area contributed by atoms with E-state index in [2.05, 4.69) is 22.7 Å². The van der Waals surface area contributed by atoms with E-state index in [-0.39, 0.29) is 22.9 Å². The van der Waals surface area contributed by atoms with Crippen molar-refractivity contribution in [3.05, 3.63) is 101 Å². The van der Waals surface area contributed by atoms with Crippen LogP contribution in [0.3, 0.4) is 0 Å². The molecule has 3 aromatic rings.